The SMILES string of the molecule is CC(C)(C)OC(=O)N1Cc2ccc(S(=O)(=O)Cl)nc2C(N2CCOCC2)C1. The molecule has 1 saturated heterocycles. The highest BCUT2D eigenvalue weighted by molar-refractivity contribution is 8.13. The maximum Gasteiger partial charge on any atom is 0.410 e. The molecule has 3 rings (SSSR count). The van der Waals surface area contributed by atoms with E-state index in [1.165, 1.54) is 6.07 Å². The molecule has 0 aromatic carbocycles. The number of fused-ring (bicyclic) bond motifs is 1. The zero-order chi connectivity index (χ0) is 19.8. The van der Waals surface area contributed by atoms with Gasteiger partial charge >= 0.3 is 6.09 Å². The van der Waals surface area contributed by atoms with Crippen LogP contribution in [0.1, 0.15) is 38.1 Å². The van der Waals surface area contributed by atoms with Gasteiger partial charge in [-0.3, -0.25) is 4.90 Å². The van der Waals surface area contributed by atoms with Crippen molar-refractivity contribution in [1.29, 1.82) is 0 Å². The van der Waals surface area contributed by atoms with Crippen LogP contribution in [0.15, 0.2) is 17.2 Å². The Bertz CT molecular complexity index is 818. The first-order valence-corrected chi connectivity index (χ1v) is 11.1. The molecule has 0 N–H and O–H groups in total. The molecule has 3 heterocycles. The van der Waals surface area contributed by atoms with E-state index in [-0.39, 0.29) is 11.1 Å². The lowest BCUT2D eigenvalue weighted by molar-refractivity contribution is -0.0104. The van der Waals surface area contributed by atoms with Crippen molar-refractivity contribution in [3.8, 4) is 0 Å². The van der Waals surface area contributed by atoms with Crippen LogP contribution in [0.25, 0.3) is 0 Å². The van der Waals surface area contributed by atoms with Crippen molar-refractivity contribution >= 4 is 25.8 Å². The van der Waals surface area contributed by atoms with Crippen molar-refractivity contribution < 1.29 is 22.7 Å². The van der Waals surface area contributed by atoms with Gasteiger partial charge in [-0.05, 0) is 32.4 Å². The Labute approximate surface area is 163 Å². The first-order valence-electron chi connectivity index (χ1n) is 8.79. The predicted molar refractivity (Wildman–Crippen MR) is 99.1 cm³/mol. The monoisotopic (exact) mass is 417 g/mol. The molecule has 2 aliphatic rings. The van der Waals surface area contributed by atoms with Crippen LogP contribution in [0.4, 0.5) is 4.79 Å². The number of rotatable bonds is 2. The van der Waals surface area contributed by atoms with E-state index >= 15 is 0 Å². The summed E-state index contributed by atoms with van der Waals surface area (Å²) in [5, 5.41) is -0.174. The fourth-order valence-electron chi connectivity index (χ4n) is 3.25. The Morgan fingerprint density at radius 2 is 1.96 bits per heavy atom. The second kappa shape index (κ2) is 7.54. The van der Waals surface area contributed by atoms with E-state index in [0.29, 0.717) is 45.1 Å². The van der Waals surface area contributed by atoms with Gasteiger partial charge < -0.3 is 14.4 Å². The molecule has 1 fully saturated rings. The second-order valence-corrected chi connectivity index (χ2v) is 10.2. The zero-order valence-corrected chi connectivity index (χ0v) is 17.2. The molecule has 0 saturated carbocycles. The number of carbonyl (C=O) groups is 1. The van der Waals surface area contributed by atoms with Gasteiger partial charge in [0.05, 0.1) is 31.5 Å². The topological polar surface area (TPSA) is 89.0 Å². The highest BCUT2D eigenvalue weighted by Crippen LogP contribution is 2.32. The first-order chi connectivity index (χ1) is 12.5. The van der Waals surface area contributed by atoms with Crippen molar-refractivity contribution in [1.82, 2.24) is 14.8 Å². The normalized spacial score (nSPS) is 21.6. The lowest BCUT2D eigenvalue weighted by atomic mass is 9.99. The van der Waals surface area contributed by atoms with Crippen LogP contribution < -0.4 is 0 Å². The summed E-state index contributed by atoms with van der Waals surface area (Å²) in [5.41, 5.74) is 0.826. The van der Waals surface area contributed by atoms with Gasteiger partial charge in [-0.15, -0.1) is 0 Å². The zero-order valence-electron chi connectivity index (χ0n) is 15.6. The van der Waals surface area contributed by atoms with E-state index in [1.54, 1.807) is 11.0 Å². The molecule has 10 heteroatoms. The molecule has 1 unspecified atom stereocenters. The Kier molecular flexibility index (Phi) is 5.67. The summed E-state index contributed by atoms with van der Waals surface area (Å²) in [7, 11) is 1.55. The molecule has 0 bridgehead atoms. The van der Waals surface area contributed by atoms with Gasteiger partial charge in [0.15, 0.2) is 5.03 Å². The maximum absolute atomic E-state index is 12.6. The summed E-state index contributed by atoms with van der Waals surface area (Å²) in [6.45, 7) is 8.63. The molecule has 1 aromatic rings. The van der Waals surface area contributed by atoms with E-state index in [1.807, 2.05) is 20.8 Å². The molecule has 150 valence electrons. The number of morpholine rings is 1. The molecule has 1 amide bonds. The summed E-state index contributed by atoms with van der Waals surface area (Å²) in [6.07, 6.45) is -0.402. The minimum atomic E-state index is -3.93. The summed E-state index contributed by atoms with van der Waals surface area (Å²) >= 11 is 0. The molecular weight excluding hydrogens is 394 g/mol. The van der Waals surface area contributed by atoms with E-state index in [9.17, 15) is 13.2 Å². The third kappa shape index (κ3) is 4.90. The van der Waals surface area contributed by atoms with Crippen molar-refractivity contribution in [2.45, 2.75) is 44.0 Å². The van der Waals surface area contributed by atoms with E-state index in [4.69, 9.17) is 20.2 Å². The third-order valence-electron chi connectivity index (χ3n) is 4.44. The summed E-state index contributed by atoms with van der Waals surface area (Å²) in [5.74, 6) is 0. The highest BCUT2D eigenvalue weighted by Gasteiger charge is 2.36. The van der Waals surface area contributed by atoms with Gasteiger partial charge in [0.25, 0.3) is 9.05 Å². The molecule has 1 aromatic heterocycles. The molecular formula is C17H24ClN3O5S. The molecule has 1 atom stereocenters. The summed E-state index contributed by atoms with van der Waals surface area (Å²) in [6, 6.07) is 2.79. The first kappa shape index (κ1) is 20.3. The Morgan fingerprint density at radius 1 is 1.30 bits per heavy atom. The van der Waals surface area contributed by atoms with Crippen molar-refractivity contribution in [2.75, 3.05) is 32.8 Å². The maximum atomic E-state index is 12.6. The number of carbonyl (C=O) groups excluding carboxylic acids is 1. The predicted octanol–water partition coefficient (Wildman–Crippen LogP) is 2.13. The molecule has 0 spiro atoms. The van der Waals surface area contributed by atoms with Crippen molar-refractivity contribution in [3.63, 3.8) is 0 Å². The number of ether oxygens (including phenoxy) is 2. The summed E-state index contributed by atoms with van der Waals surface area (Å²) in [4.78, 5) is 20.7. The molecule has 0 aliphatic carbocycles. The van der Waals surface area contributed by atoms with Crippen LogP contribution in [-0.4, -0.2) is 67.7 Å². The number of amides is 1. The van der Waals surface area contributed by atoms with Crippen molar-refractivity contribution in [3.05, 3.63) is 23.4 Å². The van der Waals surface area contributed by atoms with Gasteiger partial charge in [-0.2, -0.15) is 0 Å². The lowest BCUT2D eigenvalue weighted by Crippen LogP contribution is -2.49. The Morgan fingerprint density at radius 3 is 2.56 bits per heavy atom. The fraction of sp³-hybridized carbons (Fsp3) is 0.647. The molecule has 0 radical (unpaired) electrons. The minimum absolute atomic E-state index is 0.174. The average Bonchev–Trinajstić information content (AvgIpc) is 2.58. The van der Waals surface area contributed by atoms with E-state index in [2.05, 4.69) is 9.88 Å². The van der Waals surface area contributed by atoms with Crippen LogP contribution in [-0.2, 0) is 25.1 Å². The standard InChI is InChI=1S/C17H24ClN3O5S/c1-17(2,3)26-16(22)21-10-12-4-5-14(27(18,23)24)19-15(12)13(11-21)20-6-8-25-9-7-20/h4-5,13H,6-11H2,1-3H3. The fourth-order valence-corrected chi connectivity index (χ4v) is 3.95. The Hall–Kier alpha value is -1.42. The number of hydrogen-bond donors (Lipinski definition) is 0. The molecule has 27 heavy (non-hydrogen) atoms. The molecule has 8 nitrogen and oxygen atoms in total. The average molecular weight is 418 g/mol. The van der Waals surface area contributed by atoms with Gasteiger partial charge in [-0.1, -0.05) is 6.07 Å². The number of aromatic nitrogens is 1. The van der Waals surface area contributed by atoms with Crippen LogP contribution in [0.3, 0.4) is 0 Å². The van der Waals surface area contributed by atoms with Crippen LogP contribution in [0.5, 0.6) is 0 Å². The lowest BCUT2D eigenvalue weighted by Gasteiger charge is -2.41. The van der Waals surface area contributed by atoms with Crippen LogP contribution in [0.2, 0.25) is 0 Å². The van der Waals surface area contributed by atoms with Gasteiger partial charge in [-0.25, -0.2) is 18.2 Å². The van der Waals surface area contributed by atoms with Gasteiger partial charge in [0.2, 0.25) is 0 Å². The smallest absolute Gasteiger partial charge is 0.410 e. The number of pyridine rings is 1. The van der Waals surface area contributed by atoms with Gasteiger partial charge in [0, 0.05) is 30.3 Å². The summed E-state index contributed by atoms with van der Waals surface area (Å²) < 4.78 is 34.4. The largest absolute Gasteiger partial charge is 0.444 e. The van der Waals surface area contributed by atoms with Gasteiger partial charge in [0.1, 0.15) is 5.60 Å². The van der Waals surface area contributed by atoms with E-state index < -0.39 is 20.7 Å². The molecule has 2 aliphatic heterocycles. The Balaban J connectivity index is 1.95. The highest BCUT2D eigenvalue weighted by atomic mass is 35.7. The van der Waals surface area contributed by atoms with Crippen LogP contribution >= 0.6 is 10.7 Å². The second-order valence-electron chi connectivity index (χ2n) is 7.66. The number of halogens is 1. The minimum Gasteiger partial charge on any atom is -0.444 e. The third-order valence-corrected chi connectivity index (χ3v) is 5.65. The quantitative estimate of drug-likeness (QED) is 0.681. The number of nitrogens with zero attached hydrogens (tertiary/aromatic N) is 3. The van der Waals surface area contributed by atoms with Crippen LogP contribution in [0, 0.1) is 0 Å². The van der Waals surface area contributed by atoms with Crippen molar-refractivity contribution in [2.24, 2.45) is 0 Å². The number of hydrogen-bond acceptors (Lipinski definition) is 7. The van der Waals surface area contributed by atoms with E-state index in [0.717, 1.165) is 5.56 Å².